The Balaban J connectivity index is 1.47. The van der Waals surface area contributed by atoms with Gasteiger partial charge in [0.05, 0.1) is 13.2 Å². The van der Waals surface area contributed by atoms with Crippen LogP contribution < -0.4 is 0 Å². The first-order chi connectivity index (χ1) is 12.8. The molecule has 0 bridgehead atoms. The van der Waals surface area contributed by atoms with Crippen LogP contribution in [0.15, 0.2) is 36.8 Å². The highest BCUT2D eigenvalue weighted by atomic mass is 16.5. The second kappa shape index (κ2) is 7.96. The lowest BCUT2D eigenvalue weighted by atomic mass is 9.90. The maximum Gasteiger partial charge on any atom is 0.253 e. The molecule has 1 aliphatic heterocycles. The first kappa shape index (κ1) is 17.2. The summed E-state index contributed by atoms with van der Waals surface area (Å²) < 4.78 is 5.75. The summed E-state index contributed by atoms with van der Waals surface area (Å²) >= 11 is 0. The van der Waals surface area contributed by atoms with E-state index in [1.165, 1.54) is 24.0 Å². The lowest BCUT2D eigenvalue weighted by molar-refractivity contribution is 0.0737. The Labute approximate surface area is 154 Å². The van der Waals surface area contributed by atoms with Gasteiger partial charge in [-0.25, -0.2) is 9.97 Å². The van der Waals surface area contributed by atoms with Gasteiger partial charge in [0.1, 0.15) is 6.33 Å². The van der Waals surface area contributed by atoms with Crippen molar-refractivity contribution < 1.29 is 9.53 Å². The van der Waals surface area contributed by atoms with Crippen molar-refractivity contribution >= 4 is 5.91 Å². The summed E-state index contributed by atoms with van der Waals surface area (Å²) in [4.78, 5) is 23.3. The first-order valence-corrected chi connectivity index (χ1v) is 9.53. The number of carbonyl (C=O) groups is 1. The van der Waals surface area contributed by atoms with Crippen LogP contribution in [0.25, 0.3) is 0 Å². The Bertz CT molecular complexity index is 763. The van der Waals surface area contributed by atoms with Gasteiger partial charge in [-0.1, -0.05) is 6.07 Å². The fraction of sp³-hybridized carbons (Fsp3) is 0.476. The van der Waals surface area contributed by atoms with Crippen LogP contribution in [0.3, 0.4) is 0 Å². The second-order valence-corrected chi connectivity index (χ2v) is 7.29. The van der Waals surface area contributed by atoms with Crippen LogP contribution in [0, 0.1) is 5.92 Å². The van der Waals surface area contributed by atoms with Crippen molar-refractivity contribution in [3.63, 3.8) is 0 Å². The normalized spacial score (nSPS) is 20.3. The number of amides is 1. The highest BCUT2D eigenvalue weighted by Crippen LogP contribution is 2.23. The SMILES string of the molecule is O=C(c1ccc2c(c1)CCCC2)N1CCOC[C@H](Cc2ccncn2)C1. The first-order valence-electron chi connectivity index (χ1n) is 9.53. The Morgan fingerprint density at radius 1 is 1.19 bits per heavy atom. The number of ether oxygens (including phenoxy) is 1. The molecule has 1 amide bonds. The number of fused-ring (bicyclic) bond motifs is 1. The maximum absolute atomic E-state index is 13.1. The molecule has 5 heteroatoms. The van der Waals surface area contributed by atoms with Gasteiger partial charge in [-0.2, -0.15) is 0 Å². The van der Waals surface area contributed by atoms with Gasteiger partial charge >= 0.3 is 0 Å². The van der Waals surface area contributed by atoms with Crippen molar-refractivity contribution in [1.29, 1.82) is 0 Å². The number of benzene rings is 1. The average molecular weight is 351 g/mol. The fourth-order valence-corrected chi connectivity index (χ4v) is 3.97. The Kier molecular flexibility index (Phi) is 5.25. The third kappa shape index (κ3) is 3.93. The molecule has 2 aromatic rings. The highest BCUT2D eigenvalue weighted by Gasteiger charge is 2.24. The second-order valence-electron chi connectivity index (χ2n) is 7.29. The minimum Gasteiger partial charge on any atom is -0.379 e. The molecule has 0 saturated carbocycles. The van der Waals surface area contributed by atoms with E-state index >= 15 is 0 Å². The monoisotopic (exact) mass is 351 g/mol. The molecule has 0 radical (unpaired) electrons. The largest absolute Gasteiger partial charge is 0.379 e. The van der Waals surface area contributed by atoms with E-state index in [4.69, 9.17) is 4.74 Å². The van der Waals surface area contributed by atoms with E-state index in [1.54, 1.807) is 12.5 Å². The van der Waals surface area contributed by atoms with Crippen LogP contribution >= 0.6 is 0 Å². The minimum atomic E-state index is 0.122. The van der Waals surface area contributed by atoms with Gasteiger partial charge in [0.25, 0.3) is 5.91 Å². The van der Waals surface area contributed by atoms with Crippen molar-refractivity contribution in [2.75, 3.05) is 26.3 Å². The molecule has 1 saturated heterocycles. The van der Waals surface area contributed by atoms with E-state index in [0.717, 1.165) is 30.5 Å². The molecule has 2 aliphatic rings. The average Bonchev–Trinajstić information content (AvgIpc) is 2.93. The van der Waals surface area contributed by atoms with Crippen molar-refractivity contribution in [3.05, 3.63) is 59.2 Å². The van der Waals surface area contributed by atoms with E-state index in [-0.39, 0.29) is 11.8 Å². The van der Waals surface area contributed by atoms with Gasteiger partial charge in [-0.05, 0) is 61.4 Å². The van der Waals surface area contributed by atoms with Crippen LogP contribution in [0.1, 0.15) is 40.0 Å². The molecule has 26 heavy (non-hydrogen) atoms. The summed E-state index contributed by atoms with van der Waals surface area (Å²) in [6, 6.07) is 8.19. The topological polar surface area (TPSA) is 55.3 Å². The van der Waals surface area contributed by atoms with E-state index in [2.05, 4.69) is 22.1 Å². The molecule has 5 nitrogen and oxygen atoms in total. The van der Waals surface area contributed by atoms with E-state index < -0.39 is 0 Å². The van der Waals surface area contributed by atoms with E-state index in [1.807, 2.05) is 17.0 Å². The summed E-state index contributed by atoms with van der Waals surface area (Å²) in [6.07, 6.45) is 8.85. The van der Waals surface area contributed by atoms with Crippen LogP contribution in [0.2, 0.25) is 0 Å². The molecule has 1 aromatic heterocycles. The molecule has 1 atom stereocenters. The third-order valence-electron chi connectivity index (χ3n) is 5.36. The number of aromatic nitrogens is 2. The minimum absolute atomic E-state index is 0.122. The van der Waals surface area contributed by atoms with Gasteiger partial charge in [-0.15, -0.1) is 0 Å². The van der Waals surface area contributed by atoms with Gasteiger partial charge < -0.3 is 9.64 Å². The molecule has 4 rings (SSSR count). The molecule has 0 spiro atoms. The zero-order valence-electron chi connectivity index (χ0n) is 15.1. The number of hydrogen-bond acceptors (Lipinski definition) is 4. The Hall–Kier alpha value is -2.27. The molecule has 1 aromatic carbocycles. The summed E-state index contributed by atoms with van der Waals surface area (Å²) in [7, 11) is 0. The Morgan fingerprint density at radius 3 is 2.92 bits per heavy atom. The lowest BCUT2D eigenvalue weighted by Gasteiger charge is -2.24. The van der Waals surface area contributed by atoms with Gasteiger partial charge in [0.2, 0.25) is 0 Å². The predicted molar refractivity (Wildman–Crippen MR) is 99.0 cm³/mol. The predicted octanol–water partition coefficient (Wildman–Crippen LogP) is 2.69. The number of rotatable bonds is 3. The van der Waals surface area contributed by atoms with Crippen molar-refractivity contribution in [1.82, 2.24) is 14.9 Å². The molecular weight excluding hydrogens is 326 g/mol. The van der Waals surface area contributed by atoms with Crippen LogP contribution in [-0.2, 0) is 24.0 Å². The molecule has 0 N–H and O–H groups in total. The summed E-state index contributed by atoms with van der Waals surface area (Å²) in [5, 5.41) is 0. The zero-order chi connectivity index (χ0) is 17.8. The molecule has 0 unspecified atom stereocenters. The molecule has 1 fully saturated rings. The number of nitrogens with zero attached hydrogens (tertiary/aromatic N) is 3. The number of aryl methyl sites for hydroxylation is 2. The molecule has 136 valence electrons. The van der Waals surface area contributed by atoms with E-state index in [0.29, 0.717) is 26.3 Å². The lowest BCUT2D eigenvalue weighted by Crippen LogP contribution is -2.36. The standard InChI is InChI=1S/C21H25N3O2/c25-21(19-6-5-17-3-1-2-4-18(17)12-19)24-9-10-26-14-16(13-24)11-20-7-8-22-15-23-20/h5-8,12,15-16H,1-4,9-11,13-14H2/t16-/m1/s1. The van der Waals surface area contributed by atoms with Crippen molar-refractivity contribution in [2.24, 2.45) is 5.92 Å². The highest BCUT2D eigenvalue weighted by molar-refractivity contribution is 5.94. The Morgan fingerprint density at radius 2 is 2.08 bits per heavy atom. The molecule has 2 heterocycles. The maximum atomic E-state index is 13.1. The summed E-state index contributed by atoms with van der Waals surface area (Å²) in [5.41, 5.74) is 4.57. The third-order valence-corrected chi connectivity index (χ3v) is 5.36. The van der Waals surface area contributed by atoms with Gasteiger partial charge in [-0.3, -0.25) is 4.79 Å². The number of carbonyl (C=O) groups excluding carboxylic acids is 1. The fourth-order valence-electron chi connectivity index (χ4n) is 3.97. The van der Waals surface area contributed by atoms with E-state index in [9.17, 15) is 4.79 Å². The quantitative estimate of drug-likeness (QED) is 0.853. The van der Waals surface area contributed by atoms with Crippen LogP contribution in [0.4, 0.5) is 0 Å². The molecule has 1 aliphatic carbocycles. The summed E-state index contributed by atoms with van der Waals surface area (Å²) in [5.74, 6) is 0.380. The van der Waals surface area contributed by atoms with Crippen molar-refractivity contribution in [2.45, 2.75) is 32.1 Å². The number of hydrogen-bond donors (Lipinski definition) is 0. The zero-order valence-corrected chi connectivity index (χ0v) is 15.1. The van der Waals surface area contributed by atoms with Crippen LogP contribution in [-0.4, -0.2) is 47.1 Å². The van der Waals surface area contributed by atoms with Crippen molar-refractivity contribution in [3.8, 4) is 0 Å². The smallest absolute Gasteiger partial charge is 0.253 e. The summed E-state index contributed by atoms with van der Waals surface area (Å²) in [6.45, 7) is 2.62. The molecular formula is C21H25N3O2. The van der Waals surface area contributed by atoms with Gasteiger partial charge in [0.15, 0.2) is 0 Å². The van der Waals surface area contributed by atoms with Crippen LogP contribution in [0.5, 0.6) is 0 Å². The van der Waals surface area contributed by atoms with Gasteiger partial charge in [0, 0.05) is 36.5 Å².